The predicted octanol–water partition coefficient (Wildman–Crippen LogP) is 3.06. The molecule has 0 saturated heterocycles. The Hall–Kier alpha value is -2.85. The maximum absolute atomic E-state index is 11.9. The Bertz CT molecular complexity index is 785. The molecule has 6 nitrogen and oxygen atoms in total. The first-order valence-corrected chi connectivity index (χ1v) is 8.81. The zero-order valence-electron chi connectivity index (χ0n) is 13.5. The summed E-state index contributed by atoms with van der Waals surface area (Å²) in [6.07, 6.45) is 0.194. The van der Waals surface area contributed by atoms with Crippen LogP contribution in [-0.4, -0.2) is 23.1 Å². The largest absolute Gasteiger partial charge is 0.355 e. The molecule has 2 rings (SSSR count). The van der Waals surface area contributed by atoms with E-state index in [1.807, 2.05) is 18.2 Å². The maximum Gasteiger partial charge on any atom is 0.269 e. The fraction of sp³-hybridized carbons (Fsp3) is 0.222. The minimum absolute atomic E-state index is 0.0122. The molecular formula is C18H17N3O3S. The number of carbonyl (C=O) groups is 1. The lowest BCUT2D eigenvalue weighted by Crippen LogP contribution is -2.27. The van der Waals surface area contributed by atoms with Crippen molar-refractivity contribution < 1.29 is 9.72 Å². The van der Waals surface area contributed by atoms with Crippen LogP contribution in [-0.2, 0) is 17.0 Å². The summed E-state index contributed by atoms with van der Waals surface area (Å²) in [7, 11) is 0. The number of amides is 1. The van der Waals surface area contributed by atoms with Crippen molar-refractivity contribution >= 4 is 23.4 Å². The smallest absolute Gasteiger partial charge is 0.269 e. The monoisotopic (exact) mass is 355 g/mol. The van der Waals surface area contributed by atoms with E-state index in [4.69, 9.17) is 5.26 Å². The van der Waals surface area contributed by atoms with Gasteiger partial charge in [-0.1, -0.05) is 30.3 Å². The summed E-state index contributed by atoms with van der Waals surface area (Å²) in [5, 5.41) is 22.4. The van der Waals surface area contributed by atoms with Crippen LogP contribution in [0.1, 0.15) is 16.7 Å². The molecule has 0 atom stereocenters. The van der Waals surface area contributed by atoms with Crippen molar-refractivity contribution in [2.45, 2.75) is 12.2 Å². The van der Waals surface area contributed by atoms with Crippen molar-refractivity contribution in [1.29, 1.82) is 5.26 Å². The van der Waals surface area contributed by atoms with Crippen molar-refractivity contribution in [3.63, 3.8) is 0 Å². The number of nitrogens with one attached hydrogen (secondary N) is 1. The number of hydrogen-bond acceptors (Lipinski definition) is 5. The molecule has 7 heteroatoms. The summed E-state index contributed by atoms with van der Waals surface area (Å²) in [5.41, 5.74) is 2.42. The van der Waals surface area contributed by atoms with Crippen LogP contribution < -0.4 is 5.32 Å². The molecule has 0 aliphatic carbocycles. The fourth-order valence-corrected chi connectivity index (χ4v) is 3.05. The normalized spacial score (nSPS) is 10.0. The van der Waals surface area contributed by atoms with Gasteiger partial charge in [-0.25, -0.2) is 0 Å². The van der Waals surface area contributed by atoms with E-state index in [-0.39, 0.29) is 18.0 Å². The highest BCUT2D eigenvalue weighted by Crippen LogP contribution is 2.15. The standard InChI is InChI=1S/C18H17N3O3S/c19-12-15-3-1-2-4-16(15)13-25-10-9-20-18(22)11-14-5-7-17(8-6-14)21(23)24/h1-8H,9-11,13H2,(H,20,22). The molecule has 0 heterocycles. The molecule has 0 bridgehead atoms. The van der Waals surface area contributed by atoms with E-state index in [0.29, 0.717) is 12.1 Å². The van der Waals surface area contributed by atoms with Gasteiger partial charge in [-0.05, 0) is 17.2 Å². The lowest BCUT2D eigenvalue weighted by Gasteiger charge is -2.06. The molecule has 0 radical (unpaired) electrons. The lowest BCUT2D eigenvalue weighted by molar-refractivity contribution is -0.384. The summed E-state index contributed by atoms with van der Waals surface area (Å²) in [4.78, 5) is 22.0. The second-order valence-electron chi connectivity index (χ2n) is 5.27. The van der Waals surface area contributed by atoms with E-state index in [0.717, 1.165) is 22.6 Å². The summed E-state index contributed by atoms with van der Waals surface area (Å²) in [6.45, 7) is 0.533. The second kappa shape index (κ2) is 9.45. The average molecular weight is 355 g/mol. The molecule has 1 amide bonds. The van der Waals surface area contributed by atoms with E-state index >= 15 is 0 Å². The molecule has 128 valence electrons. The highest BCUT2D eigenvalue weighted by Gasteiger charge is 2.07. The molecule has 0 unspecified atom stereocenters. The summed E-state index contributed by atoms with van der Waals surface area (Å²) in [5.74, 6) is 1.35. The third-order valence-electron chi connectivity index (χ3n) is 3.48. The molecule has 0 saturated carbocycles. The Labute approximate surface area is 150 Å². The number of hydrogen-bond donors (Lipinski definition) is 1. The average Bonchev–Trinajstić information content (AvgIpc) is 2.62. The molecule has 25 heavy (non-hydrogen) atoms. The number of nitrogens with zero attached hydrogens (tertiary/aromatic N) is 2. The van der Waals surface area contributed by atoms with Crippen LogP contribution >= 0.6 is 11.8 Å². The van der Waals surface area contributed by atoms with Gasteiger partial charge in [-0.3, -0.25) is 14.9 Å². The quantitative estimate of drug-likeness (QED) is 0.446. The molecule has 0 aliphatic rings. The highest BCUT2D eigenvalue weighted by atomic mass is 32.2. The number of benzene rings is 2. The van der Waals surface area contributed by atoms with Crippen LogP contribution in [0.15, 0.2) is 48.5 Å². The van der Waals surface area contributed by atoms with E-state index < -0.39 is 4.92 Å². The van der Waals surface area contributed by atoms with Gasteiger partial charge in [-0.15, -0.1) is 0 Å². The lowest BCUT2D eigenvalue weighted by atomic mass is 10.1. The Kier molecular flexibility index (Phi) is 6.99. The predicted molar refractivity (Wildman–Crippen MR) is 97.1 cm³/mol. The van der Waals surface area contributed by atoms with E-state index in [2.05, 4.69) is 11.4 Å². The van der Waals surface area contributed by atoms with Crippen molar-refractivity contribution in [2.24, 2.45) is 0 Å². The third kappa shape index (κ3) is 5.94. The van der Waals surface area contributed by atoms with E-state index in [9.17, 15) is 14.9 Å². The Balaban J connectivity index is 1.68. The third-order valence-corrected chi connectivity index (χ3v) is 4.48. The molecular weight excluding hydrogens is 338 g/mol. The summed E-state index contributed by atoms with van der Waals surface area (Å²) in [6, 6.07) is 15.6. The Morgan fingerprint density at radius 2 is 1.92 bits per heavy atom. The van der Waals surface area contributed by atoms with Crippen LogP contribution in [0.3, 0.4) is 0 Å². The number of rotatable bonds is 8. The van der Waals surface area contributed by atoms with Gasteiger partial charge >= 0.3 is 0 Å². The Morgan fingerprint density at radius 3 is 2.60 bits per heavy atom. The van der Waals surface area contributed by atoms with Crippen LogP contribution in [0.2, 0.25) is 0 Å². The first-order chi connectivity index (χ1) is 12.1. The summed E-state index contributed by atoms with van der Waals surface area (Å²) < 4.78 is 0. The topological polar surface area (TPSA) is 96.0 Å². The summed E-state index contributed by atoms with van der Waals surface area (Å²) >= 11 is 1.65. The molecule has 0 aromatic heterocycles. The molecule has 2 aromatic carbocycles. The molecule has 0 aliphatic heterocycles. The second-order valence-corrected chi connectivity index (χ2v) is 6.38. The van der Waals surface area contributed by atoms with Gasteiger partial charge in [-0.2, -0.15) is 17.0 Å². The number of thioether (sulfide) groups is 1. The highest BCUT2D eigenvalue weighted by molar-refractivity contribution is 7.98. The zero-order valence-corrected chi connectivity index (χ0v) is 14.3. The number of nitro benzene ring substituents is 1. The maximum atomic E-state index is 11.9. The van der Waals surface area contributed by atoms with Gasteiger partial charge in [0.25, 0.3) is 5.69 Å². The Morgan fingerprint density at radius 1 is 1.20 bits per heavy atom. The van der Waals surface area contributed by atoms with Gasteiger partial charge < -0.3 is 5.32 Å². The number of carbonyl (C=O) groups excluding carboxylic acids is 1. The van der Waals surface area contributed by atoms with Crippen LogP contribution in [0, 0.1) is 21.4 Å². The van der Waals surface area contributed by atoms with Gasteiger partial charge in [0.1, 0.15) is 0 Å². The SMILES string of the molecule is N#Cc1ccccc1CSCCNC(=O)Cc1ccc([N+](=O)[O-])cc1. The first-order valence-electron chi connectivity index (χ1n) is 7.66. The van der Waals surface area contributed by atoms with Crippen LogP contribution in [0.25, 0.3) is 0 Å². The minimum Gasteiger partial charge on any atom is -0.355 e. The van der Waals surface area contributed by atoms with Crippen LogP contribution in [0.5, 0.6) is 0 Å². The van der Waals surface area contributed by atoms with Crippen molar-refractivity contribution in [2.75, 3.05) is 12.3 Å². The first kappa shape index (κ1) is 18.5. The van der Waals surface area contributed by atoms with Crippen molar-refractivity contribution in [3.8, 4) is 6.07 Å². The van der Waals surface area contributed by atoms with Gasteiger partial charge in [0.15, 0.2) is 0 Å². The van der Waals surface area contributed by atoms with E-state index in [1.54, 1.807) is 30.0 Å². The zero-order chi connectivity index (χ0) is 18.1. The van der Waals surface area contributed by atoms with Gasteiger partial charge in [0.05, 0.1) is 23.0 Å². The molecule has 2 aromatic rings. The number of nitro groups is 1. The molecule has 0 fully saturated rings. The number of nitriles is 1. The van der Waals surface area contributed by atoms with E-state index in [1.165, 1.54) is 12.1 Å². The van der Waals surface area contributed by atoms with Crippen molar-refractivity contribution in [3.05, 3.63) is 75.3 Å². The molecule has 0 spiro atoms. The minimum atomic E-state index is -0.467. The number of non-ortho nitro benzene ring substituents is 1. The van der Waals surface area contributed by atoms with Gasteiger partial charge in [0.2, 0.25) is 5.91 Å². The van der Waals surface area contributed by atoms with Crippen LogP contribution in [0.4, 0.5) is 5.69 Å². The van der Waals surface area contributed by atoms with Gasteiger partial charge in [0, 0.05) is 30.2 Å². The molecule has 1 N–H and O–H groups in total. The fourth-order valence-electron chi connectivity index (χ4n) is 2.18. The van der Waals surface area contributed by atoms with Crippen molar-refractivity contribution in [1.82, 2.24) is 5.32 Å².